The highest BCUT2D eigenvalue weighted by Gasteiger charge is 2.37. The van der Waals surface area contributed by atoms with Gasteiger partial charge in [0.1, 0.15) is 11.1 Å². The van der Waals surface area contributed by atoms with Crippen molar-refractivity contribution in [1.82, 2.24) is 19.4 Å². The first kappa shape index (κ1) is 25.1. The van der Waals surface area contributed by atoms with Gasteiger partial charge >= 0.3 is 0 Å². The molecule has 0 bridgehead atoms. The number of carbonyl (C=O) groups is 1. The van der Waals surface area contributed by atoms with Crippen molar-refractivity contribution in [3.05, 3.63) is 94.8 Å². The number of benzene rings is 3. The molecular weight excluding hydrogens is 512 g/mol. The summed E-state index contributed by atoms with van der Waals surface area (Å²) in [6, 6.07) is 18.8. The molecule has 0 aliphatic carbocycles. The number of hydrogen-bond donors (Lipinski definition) is 3. The van der Waals surface area contributed by atoms with E-state index >= 15 is 0 Å². The van der Waals surface area contributed by atoms with Gasteiger partial charge in [-0.15, -0.1) is 0 Å². The first-order valence-corrected chi connectivity index (χ1v) is 14.7. The van der Waals surface area contributed by atoms with Crippen molar-refractivity contribution in [3.8, 4) is 0 Å². The number of aromatic nitrogens is 2. The van der Waals surface area contributed by atoms with E-state index in [0.717, 1.165) is 16.6 Å². The maximum absolute atomic E-state index is 13.5. The lowest BCUT2D eigenvalue weighted by Crippen LogP contribution is -2.31. The van der Waals surface area contributed by atoms with Gasteiger partial charge in [-0.1, -0.05) is 48.5 Å². The van der Waals surface area contributed by atoms with Crippen molar-refractivity contribution >= 4 is 37.0 Å². The topological polar surface area (TPSA) is 138 Å². The highest BCUT2D eigenvalue weighted by molar-refractivity contribution is 7.90. The largest absolute Gasteiger partial charge is 0.341 e. The van der Waals surface area contributed by atoms with Crippen LogP contribution < -0.4 is 9.44 Å². The van der Waals surface area contributed by atoms with Gasteiger partial charge in [-0.25, -0.2) is 26.5 Å². The minimum atomic E-state index is -3.90. The van der Waals surface area contributed by atoms with Crippen molar-refractivity contribution < 1.29 is 21.6 Å². The number of rotatable bonds is 7. The molecule has 1 aliphatic heterocycles. The number of para-hydroxylation sites is 2. The van der Waals surface area contributed by atoms with E-state index in [9.17, 15) is 21.6 Å². The second-order valence-electron chi connectivity index (χ2n) is 9.29. The second kappa shape index (κ2) is 9.40. The van der Waals surface area contributed by atoms with Gasteiger partial charge in [-0.3, -0.25) is 9.52 Å². The molecule has 11 heteroatoms. The third-order valence-electron chi connectivity index (χ3n) is 6.46. The van der Waals surface area contributed by atoms with Crippen LogP contribution >= 0.6 is 0 Å². The molecule has 0 spiro atoms. The summed E-state index contributed by atoms with van der Waals surface area (Å²) in [5.41, 5.74) is 4.23. The molecule has 192 valence electrons. The van der Waals surface area contributed by atoms with Gasteiger partial charge in [0.25, 0.3) is 0 Å². The number of aryl methyl sites for hydroxylation is 2. The van der Waals surface area contributed by atoms with E-state index in [1.165, 1.54) is 0 Å². The molecule has 37 heavy (non-hydrogen) atoms. The van der Waals surface area contributed by atoms with Crippen molar-refractivity contribution in [3.63, 3.8) is 0 Å². The monoisotopic (exact) mass is 538 g/mol. The summed E-state index contributed by atoms with van der Waals surface area (Å²) in [5, 5.41) is -0.942. The predicted octanol–water partition coefficient (Wildman–Crippen LogP) is 3.33. The molecule has 5 rings (SSSR count). The van der Waals surface area contributed by atoms with Gasteiger partial charge in [-0.05, 0) is 60.7 Å². The van der Waals surface area contributed by atoms with Gasteiger partial charge in [-0.2, -0.15) is 0 Å². The van der Waals surface area contributed by atoms with E-state index in [1.807, 2.05) is 42.0 Å². The van der Waals surface area contributed by atoms with Crippen LogP contribution in [0, 0.1) is 13.8 Å². The van der Waals surface area contributed by atoms with Crippen LogP contribution in [0.25, 0.3) is 11.0 Å². The van der Waals surface area contributed by atoms with Crippen molar-refractivity contribution in [2.24, 2.45) is 0 Å². The number of sulfonamides is 2. The Morgan fingerprint density at radius 2 is 1.78 bits per heavy atom. The lowest BCUT2D eigenvalue weighted by atomic mass is 10.0. The van der Waals surface area contributed by atoms with Crippen LogP contribution in [0.4, 0.5) is 0 Å². The van der Waals surface area contributed by atoms with Crippen molar-refractivity contribution in [2.75, 3.05) is 0 Å². The molecular formula is C26H26N4O5S2. The standard InChI is InChI=1S/C26H26N4O5S2/c1-16-7-8-17(2)23(13-16)36(32,33)29-22(26-27-20-5-3-4-6-21(20)28-26)14-18-9-11-19(12-10-18)24-15-25(31)30-37(24,34)35/h3-13,22,24,29H,14-15H2,1-2H3,(H,27,28)(H,30,31)/t22-,24?/m0/s1. The molecule has 0 radical (unpaired) electrons. The second-order valence-corrected chi connectivity index (χ2v) is 12.8. The number of H-pyrrole nitrogens is 1. The smallest absolute Gasteiger partial charge is 0.242 e. The molecule has 4 aromatic rings. The summed E-state index contributed by atoms with van der Waals surface area (Å²) in [5.74, 6) is -0.0628. The van der Waals surface area contributed by atoms with E-state index in [2.05, 4.69) is 14.7 Å². The van der Waals surface area contributed by atoms with E-state index in [0.29, 0.717) is 22.5 Å². The van der Waals surface area contributed by atoms with Gasteiger partial charge in [0.05, 0.1) is 28.4 Å². The highest BCUT2D eigenvalue weighted by Crippen LogP contribution is 2.31. The first-order chi connectivity index (χ1) is 17.5. The number of hydrogen-bond acceptors (Lipinski definition) is 6. The molecule has 1 fully saturated rings. The summed E-state index contributed by atoms with van der Waals surface area (Å²) in [6.45, 7) is 3.59. The summed E-state index contributed by atoms with van der Waals surface area (Å²) in [6.07, 6.45) is 0.137. The lowest BCUT2D eigenvalue weighted by Gasteiger charge is -2.19. The highest BCUT2D eigenvalue weighted by atomic mass is 32.2. The Hall–Kier alpha value is -3.54. The van der Waals surface area contributed by atoms with Gasteiger partial charge in [0, 0.05) is 0 Å². The molecule has 1 amide bonds. The van der Waals surface area contributed by atoms with Gasteiger partial charge in [0.2, 0.25) is 26.0 Å². The maximum atomic E-state index is 13.5. The summed E-state index contributed by atoms with van der Waals surface area (Å²) < 4.78 is 56.2. The Morgan fingerprint density at radius 1 is 1.05 bits per heavy atom. The molecule has 3 aromatic carbocycles. The third-order valence-corrected chi connectivity index (χ3v) is 9.77. The Balaban J connectivity index is 1.48. The number of aromatic amines is 1. The molecule has 2 heterocycles. The Morgan fingerprint density at radius 3 is 2.46 bits per heavy atom. The molecule has 2 atom stereocenters. The van der Waals surface area contributed by atoms with E-state index in [-0.39, 0.29) is 17.7 Å². The van der Waals surface area contributed by atoms with Crippen LogP contribution in [0.1, 0.15) is 45.8 Å². The maximum Gasteiger partial charge on any atom is 0.242 e. The predicted molar refractivity (Wildman–Crippen MR) is 140 cm³/mol. The summed E-state index contributed by atoms with van der Waals surface area (Å²) in [7, 11) is -7.65. The van der Waals surface area contributed by atoms with E-state index in [1.54, 1.807) is 43.3 Å². The minimum absolute atomic E-state index is 0.126. The zero-order valence-electron chi connectivity index (χ0n) is 20.2. The van der Waals surface area contributed by atoms with Crippen LogP contribution in [0.15, 0.2) is 71.6 Å². The number of amides is 1. The third kappa shape index (κ3) is 5.15. The number of nitrogens with one attached hydrogen (secondary N) is 3. The molecule has 1 unspecified atom stereocenters. The van der Waals surface area contributed by atoms with Crippen LogP contribution in [0.3, 0.4) is 0 Å². The number of fused-ring (bicyclic) bond motifs is 1. The molecule has 1 aliphatic rings. The average molecular weight is 539 g/mol. The van der Waals surface area contributed by atoms with Gasteiger partial charge in [0.15, 0.2) is 0 Å². The Kier molecular flexibility index (Phi) is 6.38. The molecule has 9 nitrogen and oxygen atoms in total. The van der Waals surface area contributed by atoms with Crippen LogP contribution in [0.5, 0.6) is 0 Å². The van der Waals surface area contributed by atoms with Crippen LogP contribution in [0.2, 0.25) is 0 Å². The lowest BCUT2D eigenvalue weighted by molar-refractivity contribution is -0.118. The van der Waals surface area contributed by atoms with E-state index in [4.69, 9.17) is 0 Å². The molecule has 1 aromatic heterocycles. The fraction of sp³-hybridized carbons (Fsp3) is 0.231. The van der Waals surface area contributed by atoms with Crippen LogP contribution in [-0.4, -0.2) is 32.7 Å². The first-order valence-electron chi connectivity index (χ1n) is 11.7. The fourth-order valence-electron chi connectivity index (χ4n) is 4.53. The molecule has 1 saturated heterocycles. The van der Waals surface area contributed by atoms with Crippen molar-refractivity contribution in [1.29, 1.82) is 0 Å². The quantitative estimate of drug-likeness (QED) is 0.330. The normalized spacial score (nSPS) is 18.1. The summed E-state index contributed by atoms with van der Waals surface area (Å²) in [4.78, 5) is 19.7. The Labute approximate surface area is 215 Å². The van der Waals surface area contributed by atoms with Crippen molar-refractivity contribution in [2.45, 2.75) is 42.9 Å². The van der Waals surface area contributed by atoms with E-state index < -0.39 is 37.2 Å². The molecule has 0 saturated carbocycles. The fourth-order valence-corrected chi connectivity index (χ4v) is 7.49. The zero-order chi connectivity index (χ0) is 26.4. The Bertz CT molecular complexity index is 1680. The SMILES string of the molecule is Cc1ccc(C)c(S(=O)(=O)N[C@@H](Cc2ccc(C3CC(=O)NS3(=O)=O)cc2)c2nc3ccccc3[nH]2)c1. The molecule has 3 N–H and O–H groups in total. The minimum Gasteiger partial charge on any atom is -0.341 e. The average Bonchev–Trinajstić information content (AvgIpc) is 3.40. The number of carbonyl (C=O) groups excluding carboxylic acids is 1. The summed E-state index contributed by atoms with van der Waals surface area (Å²) >= 11 is 0. The number of imidazole rings is 1. The zero-order valence-corrected chi connectivity index (χ0v) is 21.9. The van der Waals surface area contributed by atoms with Gasteiger partial charge < -0.3 is 4.98 Å². The van der Waals surface area contributed by atoms with Crippen LogP contribution in [-0.2, 0) is 31.3 Å². The number of nitrogens with zero attached hydrogens (tertiary/aromatic N) is 1.